The van der Waals surface area contributed by atoms with E-state index in [0.717, 1.165) is 32.1 Å². The molecule has 1 aromatic rings. The van der Waals surface area contributed by atoms with Gasteiger partial charge in [-0.05, 0) is 25.0 Å². The molecule has 0 spiro atoms. The monoisotopic (exact) mass is 417 g/mol. The van der Waals surface area contributed by atoms with Gasteiger partial charge < -0.3 is 4.74 Å². The van der Waals surface area contributed by atoms with Gasteiger partial charge in [-0.15, -0.1) is 10.2 Å². The third-order valence-electron chi connectivity index (χ3n) is 5.94. The molecule has 7 heteroatoms. The first kappa shape index (κ1) is 20.7. The molecule has 1 aromatic carbocycles. The number of hydrogen-bond acceptors (Lipinski definition) is 6. The zero-order chi connectivity index (χ0) is 22.1. The summed E-state index contributed by atoms with van der Waals surface area (Å²) in [6.07, 6.45) is 7.70. The first-order valence-corrected chi connectivity index (χ1v) is 10.3. The van der Waals surface area contributed by atoms with Crippen molar-refractivity contribution in [2.45, 2.75) is 38.1 Å². The number of carbonyl (C=O) groups excluding carboxylic acids is 3. The molecule has 0 atom stereocenters. The number of imide groups is 1. The quantitative estimate of drug-likeness (QED) is 0.491. The number of methoxy groups -OCH3 is 1. The van der Waals surface area contributed by atoms with Crippen LogP contribution in [0.1, 0.15) is 52.8 Å². The molecule has 2 amide bonds. The molecule has 0 bridgehead atoms. The molecule has 31 heavy (non-hydrogen) atoms. The van der Waals surface area contributed by atoms with Crippen LogP contribution in [0.15, 0.2) is 76.3 Å². The van der Waals surface area contributed by atoms with Crippen LogP contribution in [-0.4, -0.2) is 35.6 Å². The van der Waals surface area contributed by atoms with Crippen LogP contribution >= 0.6 is 0 Å². The maximum Gasteiger partial charge on any atom is 0.264 e. The SMILES string of the molecule is C=CC1=C(C=C)C(OC)=C(N=Nc2cccc3c2C(=O)N(C2CCCCC2)C3=O)C1=O. The van der Waals surface area contributed by atoms with E-state index < -0.39 is 0 Å². The highest BCUT2D eigenvalue weighted by molar-refractivity contribution is 6.23. The summed E-state index contributed by atoms with van der Waals surface area (Å²) in [6, 6.07) is 4.82. The standard InChI is InChI=1S/C24H23N3O4/c1-4-15-16(5-2)22(31-3)20(21(15)28)26-25-18-13-9-12-17-19(18)24(30)27(23(17)29)14-10-7-6-8-11-14/h4-5,9,12-14H,1-2,6-8,10-11H2,3H3. The van der Waals surface area contributed by atoms with Gasteiger partial charge in [-0.25, -0.2) is 0 Å². The molecule has 3 aliphatic rings. The van der Waals surface area contributed by atoms with Crippen molar-refractivity contribution in [3.63, 3.8) is 0 Å². The molecular weight excluding hydrogens is 394 g/mol. The van der Waals surface area contributed by atoms with Crippen LogP contribution in [0.4, 0.5) is 5.69 Å². The highest BCUT2D eigenvalue weighted by Gasteiger charge is 2.42. The van der Waals surface area contributed by atoms with E-state index in [0.29, 0.717) is 16.7 Å². The lowest BCUT2D eigenvalue weighted by molar-refractivity contribution is -0.111. The van der Waals surface area contributed by atoms with Gasteiger partial charge in [0, 0.05) is 17.2 Å². The molecule has 2 aliphatic carbocycles. The van der Waals surface area contributed by atoms with E-state index in [-0.39, 0.29) is 46.3 Å². The first-order valence-electron chi connectivity index (χ1n) is 10.3. The number of Topliss-reactive ketones (excluding diaryl/α,β-unsaturated/α-hetero) is 1. The van der Waals surface area contributed by atoms with E-state index in [1.165, 1.54) is 24.2 Å². The van der Waals surface area contributed by atoms with Crippen molar-refractivity contribution in [2.75, 3.05) is 7.11 Å². The van der Waals surface area contributed by atoms with Gasteiger partial charge in [-0.1, -0.05) is 50.6 Å². The summed E-state index contributed by atoms with van der Waals surface area (Å²) < 4.78 is 5.34. The van der Waals surface area contributed by atoms with E-state index >= 15 is 0 Å². The van der Waals surface area contributed by atoms with Gasteiger partial charge in [0.2, 0.25) is 5.78 Å². The van der Waals surface area contributed by atoms with E-state index in [1.807, 2.05) is 0 Å². The van der Waals surface area contributed by atoms with Crippen molar-refractivity contribution in [3.8, 4) is 0 Å². The van der Waals surface area contributed by atoms with Crippen LogP contribution in [0.25, 0.3) is 0 Å². The smallest absolute Gasteiger partial charge is 0.264 e. The average Bonchev–Trinajstić information content (AvgIpc) is 3.22. The summed E-state index contributed by atoms with van der Waals surface area (Å²) in [5.74, 6) is -0.777. The number of ether oxygens (including phenoxy) is 1. The van der Waals surface area contributed by atoms with E-state index in [1.54, 1.807) is 18.2 Å². The number of hydrogen-bond donors (Lipinski definition) is 0. The minimum absolute atomic E-state index is 0.00538. The molecule has 7 nitrogen and oxygen atoms in total. The lowest BCUT2D eigenvalue weighted by Crippen LogP contribution is -2.40. The Hall–Kier alpha value is -3.61. The van der Waals surface area contributed by atoms with Gasteiger partial charge in [-0.3, -0.25) is 19.3 Å². The Balaban J connectivity index is 1.70. The summed E-state index contributed by atoms with van der Waals surface area (Å²) >= 11 is 0. The maximum atomic E-state index is 13.2. The van der Waals surface area contributed by atoms with Crippen molar-refractivity contribution < 1.29 is 19.1 Å². The number of amides is 2. The summed E-state index contributed by atoms with van der Waals surface area (Å²) in [6.45, 7) is 7.37. The van der Waals surface area contributed by atoms with Crippen LogP contribution in [0.3, 0.4) is 0 Å². The highest BCUT2D eigenvalue weighted by atomic mass is 16.5. The van der Waals surface area contributed by atoms with Gasteiger partial charge in [0.15, 0.2) is 11.5 Å². The Morgan fingerprint density at radius 2 is 1.71 bits per heavy atom. The number of azo groups is 1. The molecular formula is C24H23N3O4. The largest absolute Gasteiger partial charge is 0.494 e. The maximum absolute atomic E-state index is 13.2. The molecule has 158 valence electrons. The first-order chi connectivity index (χ1) is 15.0. The molecule has 0 N–H and O–H groups in total. The Morgan fingerprint density at radius 3 is 2.35 bits per heavy atom. The molecule has 1 heterocycles. The summed E-state index contributed by atoms with van der Waals surface area (Å²) in [7, 11) is 1.43. The number of rotatable bonds is 6. The van der Waals surface area contributed by atoms with Crippen LogP contribution < -0.4 is 0 Å². The van der Waals surface area contributed by atoms with Crippen LogP contribution in [0, 0.1) is 0 Å². The lowest BCUT2D eigenvalue weighted by atomic mass is 9.94. The van der Waals surface area contributed by atoms with Crippen LogP contribution in [-0.2, 0) is 9.53 Å². The summed E-state index contributed by atoms with van der Waals surface area (Å²) in [4.78, 5) is 40.2. The summed E-state index contributed by atoms with van der Waals surface area (Å²) in [5, 5.41) is 8.29. The predicted octanol–water partition coefficient (Wildman–Crippen LogP) is 4.81. The molecule has 0 unspecified atom stereocenters. The highest BCUT2D eigenvalue weighted by Crippen LogP contribution is 2.37. The average molecular weight is 417 g/mol. The normalized spacial score (nSPS) is 19.6. The molecule has 0 aromatic heterocycles. The number of nitrogens with zero attached hydrogens (tertiary/aromatic N) is 3. The second-order valence-electron chi connectivity index (χ2n) is 7.62. The Labute approximate surface area is 180 Å². The van der Waals surface area contributed by atoms with Gasteiger partial charge in [0.1, 0.15) is 0 Å². The van der Waals surface area contributed by atoms with E-state index in [9.17, 15) is 14.4 Å². The molecule has 4 rings (SSSR count). The Bertz CT molecular complexity index is 1100. The molecule has 0 radical (unpaired) electrons. The summed E-state index contributed by atoms with van der Waals surface area (Å²) in [5.41, 5.74) is 1.62. The zero-order valence-electron chi connectivity index (χ0n) is 17.4. The van der Waals surface area contributed by atoms with Crippen molar-refractivity contribution >= 4 is 23.3 Å². The van der Waals surface area contributed by atoms with Crippen molar-refractivity contribution in [1.82, 2.24) is 4.90 Å². The predicted molar refractivity (Wildman–Crippen MR) is 115 cm³/mol. The van der Waals surface area contributed by atoms with Gasteiger partial charge >= 0.3 is 0 Å². The number of ketones is 1. The van der Waals surface area contributed by atoms with E-state index in [4.69, 9.17) is 4.74 Å². The second-order valence-corrected chi connectivity index (χ2v) is 7.62. The lowest BCUT2D eigenvalue weighted by Gasteiger charge is -2.29. The van der Waals surface area contributed by atoms with Gasteiger partial charge in [-0.2, -0.15) is 0 Å². The molecule has 1 fully saturated rings. The topological polar surface area (TPSA) is 88.4 Å². The van der Waals surface area contributed by atoms with Crippen LogP contribution in [0.2, 0.25) is 0 Å². The van der Waals surface area contributed by atoms with Crippen LogP contribution in [0.5, 0.6) is 0 Å². The van der Waals surface area contributed by atoms with Gasteiger partial charge in [0.25, 0.3) is 11.8 Å². The molecule has 1 aliphatic heterocycles. The fourth-order valence-electron chi connectivity index (χ4n) is 4.45. The van der Waals surface area contributed by atoms with Crippen molar-refractivity contribution in [1.29, 1.82) is 0 Å². The fraction of sp³-hybridized carbons (Fsp3) is 0.292. The second kappa shape index (κ2) is 8.26. The minimum atomic E-state index is -0.385. The van der Waals surface area contributed by atoms with E-state index in [2.05, 4.69) is 23.4 Å². The number of carbonyl (C=O) groups is 3. The third kappa shape index (κ3) is 3.26. The van der Waals surface area contributed by atoms with Crippen molar-refractivity contribution in [2.24, 2.45) is 10.2 Å². The van der Waals surface area contributed by atoms with Crippen molar-refractivity contribution in [3.05, 3.63) is 77.2 Å². The molecule has 1 saturated carbocycles. The molecule has 0 saturated heterocycles. The zero-order valence-corrected chi connectivity index (χ0v) is 17.4. The third-order valence-corrected chi connectivity index (χ3v) is 5.94. The number of allylic oxidation sites excluding steroid dienone is 3. The Morgan fingerprint density at radius 1 is 1.00 bits per heavy atom. The number of benzene rings is 1. The van der Waals surface area contributed by atoms with Gasteiger partial charge in [0.05, 0.1) is 23.9 Å². The Kier molecular flexibility index (Phi) is 5.50. The fourth-order valence-corrected chi connectivity index (χ4v) is 4.45. The minimum Gasteiger partial charge on any atom is -0.494 e. The number of fused-ring (bicyclic) bond motifs is 1.